The first-order chi connectivity index (χ1) is 7.20. The van der Waals surface area contributed by atoms with E-state index in [0.29, 0.717) is 11.4 Å². The van der Waals surface area contributed by atoms with Crippen molar-refractivity contribution in [1.29, 1.82) is 0 Å². The maximum atomic E-state index is 10.4. The molecule has 0 bridgehead atoms. The van der Waals surface area contributed by atoms with Gasteiger partial charge in [-0.25, -0.2) is 0 Å². The maximum Gasteiger partial charge on any atom is 0.0688 e. The van der Waals surface area contributed by atoms with Crippen LogP contribution in [0.15, 0.2) is 18.5 Å². The van der Waals surface area contributed by atoms with E-state index in [1.165, 1.54) is 6.42 Å². The fourth-order valence-corrected chi connectivity index (χ4v) is 2.47. The molecule has 82 valence electrons. The van der Waals surface area contributed by atoms with Crippen LogP contribution in [0.2, 0.25) is 5.02 Å². The van der Waals surface area contributed by atoms with E-state index in [0.717, 1.165) is 31.2 Å². The van der Waals surface area contributed by atoms with Gasteiger partial charge in [-0.3, -0.25) is 4.98 Å². The van der Waals surface area contributed by atoms with E-state index in [2.05, 4.69) is 4.98 Å². The van der Waals surface area contributed by atoms with E-state index in [1.807, 2.05) is 6.07 Å². The summed E-state index contributed by atoms with van der Waals surface area (Å²) in [6.45, 7) is 0. The Hall–Kier alpha value is -0.600. The van der Waals surface area contributed by atoms with Gasteiger partial charge in [0.25, 0.3) is 0 Å². The van der Waals surface area contributed by atoms with Crippen LogP contribution in [0.1, 0.15) is 37.7 Å². The fourth-order valence-electron chi connectivity index (χ4n) is 2.29. The molecule has 0 saturated heterocycles. The number of nitrogens with zero attached hydrogens (tertiary/aromatic N) is 1. The Balaban J connectivity index is 2.10. The molecule has 0 amide bonds. The van der Waals surface area contributed by atoms with Crippen molar-refractivity contribution in [3.8, 4) is 0 Å². The van der Waals surface area contributed by atoms with Crippen LogP contribution in [0.25, 0.3) is 0 Å². The lowest BCUT2D eigenvalue weighted by Gasteiger charge is -2.32. The molecule has 1 aromatic rings. The van der Waals surface area contributed by atoms with Crippen molar-refractivity contribution < 1.29 is 5.11 Å². The molecule has 1 fully saturated rings. The second-order valence-electron chi connectivity index (χ2n) is 4.43. The number of hydrogen-bond acceptors (Lipinski definition) is 2. The van der Waals surface area contributed by atoms with Crippen molar-refractivity contribution in [3.63, 3.8) is 0 Å². The molecule has 1 saturated carbocycles. The summed E-state index contributed by atoms with van der Waals surface area (Å²) < 4.78 is 0. The first-order valence-electron chi connectivity index (χ1n) is 5.50. The highest BCUT2D eigenvalue weighted by molar-refractivity contribution is 6.31. The summed E-state index contributed by atoms with van der Waals surface area (Å²) in [5.74, 6) is 0. The summed E-state index contributed by atoms with van der Waals surface area (Å²) in [5, 5.41) is 11.0. The number of pyridine rings is 1. The molecule has 1 aliphatic carbocycles. The second kappa shape index (κ2) is 4.50. The van der Waals surface area contributed by atoms with Crippen LogP contribution in [-0.2, 0) is 6.42 Å². The van der Waals surface area contributed by atoms with Gasteiger partial charge in [-0.2, -0.15) is 0 Å². The van der Waals surface area contributed by atoms with Gasteiger partial charge < -0.3 is 5.11 Å². The second-order valence-corrected chi connectivity index (χ2v) is 4.84. The summed E-state index contributed by atoms with van der Waals surface area (Å²) >= 11 is 6.03. The summed E-state index contributed by atoms with van der Waals surface area (Å²) in [6, 6.07) is 1.90. The Kier molecular flexibility index (Phi) is 3.27. The van der Waals surface area contributed by atoms with Gasteiger partial charge in [0.05, 0.1) is 10.6 Å². The molecule has 1 N–H and O–H groups in total. The third kappa shape index (κ3) is 2.70. The van der Waals surface area contributed by atoms with Gasteiger partial charge in [-0.1, -0.05) is 30.9 Å². The fraction of sp³-hybridized carbons (Fsp3) is 0.583. The molecule has 0 unspecified atom stereocenters. The quantitative estimate of drug-likeness (QED) is 0.840. The van der Waals surface area contributed by atoms with Gasteiger partial charge in [-0.15, -0.1) is 0 Å². The van der Waals surface area contributed by atoms with E-state index >= 15 is 0 Å². The van der Waals surface area contributed by atoms with Crippen LogP contribution in [0.3, 0.4) is 0 Å². The SMILES string of the molecule is OC1(Cc2ccncc2Cl)CCCCC1. The molecular weight excluding hydrogens is 210 g/mol. The Bertz CT molecular complexity index is 334. The van der Waals surface area contributed by atoms with E-state index in [-0.39, 0.29) is 0 Å². The Morgan fingerprint density at radius 1 is 1.33 bits per heavy atom. The van der Waals surface area contributed by atoms with E-state index in [1.54, 1.807) is 12.4 Å². The molecule has 3 heteroatoms. The van der Waals surface area contributed by atoms with Gasteiger partial charge in [-0.05, 0) is 24.5 Å². The standard InChI is InChI=1S/C12H16ClNO/c13-11-9-14-7-4-10(11)8-12(15)5-2-1-3-6-12/h4,7,9,15H,1-3,5-6,8H2. The van der Waals surface area contributed by atoms with Gasteiger partial charge in [0.1, 0.15) is 0 Å². The van der Waals surface area contributed by atoms with Crippen LogP contribution in [0.5, 0.6) is 0 Å². The van der Waals surface area contributed by atoms with Crippen molar-refractivity contribution >= 4 is 11.6 Å². The lowest BCUT2D eigenvalue weighted by atomic mass is 9.81. The summed E-state index contributed by atoms with van der Waals surface area (Å²) in [6.07, 6.45) is 9.31. The maximum absolute atomic E-state index is 10.4. The predicted molar refractivity (Wildman–Crippen MR) is 61.0 cm³/mol. The lowest BCUT2D eigenvalue weighted by Crippen LogP contribution is -2.33. The van der Waals surface area contributed by atoms with Crippen LogP contribution in [0, 0.1) is 0 Å². The third-order valence-electron chi connectivity index (χ3n) is 3.16. The minimum absolute atomic E-state index is 0.538. The first-order valence-corrected chi connectivity index (χ1v) is 5.88. The van der Waals surface area contributed by atoms with Gasteiger partial charge in [0, 0.05) is 18.8 Å². The van der Waals surface area contributed by atoms with Crippen molar-refractivity contribution in [3.05, 3.63) is 29.0 Å². The molecule has 0 aromatic carbocycles. The van der Waals surface area contributed by atoms with E-state index in [4.69, 9.17) is 11.6 Å². The normalized spacial score (nSPS) is 20.1. The highest BCUT2D eigenvalue weighted by Gasteiger charge is 2.29. The number of aliphatic hydroxyl groups is 1. The highest BCUT2D eigenvalue weighted by atomic mass is 35.5. The molecule has 0 aliphatic heterocycles. The molecule has 2 nitrogen and oxygen atoms in total. The molecule has 1 heterocycles. The largest absolute Gasteiger partial charge is 0.390 e. The molecule has 15 heavy (non-hydrogen) atoms. The van der Waals surface area contributed by atoms with Crippen LogP contribution < -0.4 is 0 Å². The van der Waals surface area contributed by atoms with Crippen molar-refractivity contribution in [2.45, 2.75) is 44.1 Å². The highest BCUT2D eigenvalue weighted by Crippen LogP contribution is 2.32. The topological polar surface area (TPSA) is 33.1 Å². The van der Waals surface area contributed by atoms with E-state index in [9.17, 15) is 5.11 Å². The number of halogens is 1. The van der Waals surface area contributed by atoms with Crippen molar-refractivity contribution in [2.24, 2.45) is 0 Å². The van der Waals surface area contributed by atoms with Crippen LogP contribution >= 0.6 is 11.6 Å². The molecular formula is C12H16ClNO. The molecule has 0 spiro atoms. The first kappa shape index (κ1) is 10.9. The Morgan fingerprint density at radius 3 is 2.73 bits per heavy atom. The zero-order chi connectivity index (χ0) is 10.7. The van der Waals surface area contributed by atoms with Gasteiger partial charge in [0.15, 0.2) is 0 Å². The van der Waals surface area contributed by atoms with Gasteiger partial charge >= 0.3 is 0 Å². The third-order valence-corrected chi connectivity index (χ3v) is 3.50. The molecule has 0 radical (unpaired) electrons. The molecule has 0 atom stereocenters. The zero-order valence-electron chi connectivity index (χ0n) is 8.75. The number of aromatic nitrogens is 1. The summed E-state index contributed by atoms with van der Waals surface area (Å²) in [4.78, 5) is 3.95. The number of rotatable bonds is 2. The van der Waals surface area contributed by atoms with Crippen molar-refractivity contribution in [1.82, 2.24) is 4.98 Å². The molecule has 2 rings (SSSR count). The smallest absolute Gasteiger partial charge is 0.0688 e. The predicted octanol–water partition coefficient (Wildman–Crippen LogP) is 2.97. The van der Waals surface area contributed by atoms with Crippen LogP contribution in [-0.4, -0.2) is 15.7 Å². The van der Waals surface area contributed by atoms with E-state index < -0.39 is 5.60 Å². The average Bonchev–Trinajstić information content (AvgIpc) is 2.22. The van der Waals surface area contributed by atoms with Gasteiger partial charge in [0.2, 0.25) is 0 Å². The number of hydrogen-bond donors (Lipinski definition) is 1. The lowest BCUT2D eigenvalue weighted by molar-refractivity contribution is 0.00449. The summed E-state index contributed by atoms with van der Waals surface area (Å²) in [7, 11) is 0. The molecule has 1 aliphatic rings. The van der Waals surface area contributed by atoms with Crippen molar-refractivity contribution in [2.75, 3.05) is 0 Å². The minimum atomic E-state index is -0.538. The Morgan fingerprint density at radius 2 is 2.07 bits per heavy atom. The van der Waals surface area contributed by atoms with Crippen LogP contribution in [0.4, 0.5) is 0 Å². The zero-order valence-corrected chi connectivity index (χ0v) is 9.50. The summed E-state index contributed by atoms with van der Waals surface area (Å²) in [5.41, 5.74) is 0.472. The monoisotopic (exact) mass is 225 g/mol. The molecule has 1 aromatic heterocycles. The Labute approximate surface area is 95.3 Å². The average molecular weight is 226 g/mol. The minimum Gasteiger partial charge on any atom is -0.390 e.